The third kappa shape index (κ3) is 29.7. The third-order valence-corrected chi connectivity index (χ3v) is 4.99. The summed E-state index contributed by atoms with van der Waals surface area (Å²) in [6.45, 7) is 34.2. The van der Waals surface area contributed by atoms with E-state index in [1.165, 1.54) is 18.1 Å². The van der Waals surface area contributed by atoms with Crippen LogP contribution in [0.3, 0.4) is 0 Å². The van der Waals surface area contributed by atoms with Crippen molar-refractivity contribution in [3.05, 3.63) is 135 Å². The van der Waals surface area contributed by atoms with Crippen LogP contribution in [-0.4, -0.2) is 61.7 Å². The zero-order valence-electron chi connectivity index (χ0n) is 29.3. The van der Waals surface area contributed by atoms with Crippen LogP contribution in [0, 0.1) is 0 Å². The smallest absolute Gasteiger partial charge is 0.335 e. The highest BCUT2D eigenvalue weighted by Crippen LogP contribution is 2.08. The van der Waals surface area contributed by atoms with Gasteiger partial charge in [-0.3, -0.25) is 0 Å². The largest absolute Gasteiger partial charge is 0.493 e. The van der Waals surface area contributed by atoms with Crippen molar-refractivity contribution in [2.24, 2.45) is 0 Å². The quantitative estimate of drug-likeness (QED) is 0.0322. The second kappa shape index (κ2) is 31.2. The molecule has 0 bridgehead atoms. The number of carbonyl (C=O) groups is 4. The topological polar surface area (TPSA) is 144 Å². The average Bonchev–Trinajstić information content (AvgIpc) is 3.06. The molecule has 1 rings (SSSR count). The van der Waals surface area contributed by atoms with E-state index >= 15 is 0 Å². The maximum absolute atomic E-state index is 11.2. The lowest BCUT2D eigenvalue weighted by molar-refractivity contribution is -0.147. The molecule has 0 saturated heterocycles. The lowest BCUT2D eigenvalue weighted by atomic mass is 10.1. The van der Waals surface area contributed by atoms with Gasteiger partial charge in [0.1, 0.15) is 13.2 Å². The van der Waals surface area contributed by atoms with Crippen molar-refractivity contribution in [3.63, 3.8) is 0 Å². The number of allylic oxidation sites excluding steroid dienone is 1. The van der Waals surface area contributed by atoms with E-state index in [2.05, 4.69) is 62.1 Å². The number of ether oxygens (including phenoxy) is 6. The molecule has 0 aliphatic carbocycles. The van der Waals surface area contributed by atoms with E-state index in [1.807, 2.05) is 30.3 Å². The Morgan fingerprint density at radius 1 is 0.673 bits per heavy atom. The molecule has 270 valence electrons. The van der Waals surface area contributed by atoms with Crippen LogP contribution in [0.2, 0.25) is 0 Å². The standard InChI is InChI=1S/C14H16O2.C9H14O4.C8H12O2.C7H10O3/c1-4-5-12-6-8-13(9-7-12)10-16-14(15)11(2)3;1-4-12-8(5-10)6-13-9(11)7(2)3;1-4-5-6-10-8(9)7(2)3;1-4-9-5-10-7(8)6(2)3/h4,6-9H,1-2,5,10H2,3H3;4,8,10H,1-2,5-6H2,3H3;4H,1-2,5-6H2,3H3;4H,1-2,5H2,3H3. The van der Waals surface area contributed by atoms with Crippen molar-refractivity contribution >= 4 is 23.9 Å². The number of carbonyl (C=O) groups excluding carboxylic acids is 4. The minimum atomic E-state index is -0.555. The Morgan fingerprint density at radius 3 is 1.57 bits per heavy atom. The molecule has 49 heavy (non-hydrogen) atoms. The van der Waals surface area contributed by atoms with Crippen molar-refractivity contribution in [3.8, 4) is 0 Å². The summed E-state index contributed by atoms with van der Waals surface area (Å²) in [6.07, 6.45) is 6.94. The maximum atomic E-state index is 11.2. The Bertz CT molecular complexity index is 1220. The summed E-state index contributed by atoms with van der Waals surface area (Å²) >= 11 is 0. The highest BCUT2D eigenvalue weighted by molar-refractivity contribution is 5.88. The van der Waals surface area contributed by atoms with Gasteiger partial charge in [-0.15, -0.1) is 13.2 Å². The Kier molecular flexibility index (Phi) is 30.5. The van der Waals surface area contributed by atoms with Gasteiger partial charge in [0.2, 0.25) is 6.79 Å². The first kappa shape index (κ1) is 48.0. The zero-order chi connectivity index (χ0) is 38.2. The second-order valence-electron chi connectivity index (χ2n) is 9.81. The Hall–Kier alpha value is -5.42. The lowest BCUT2D eigenvalue weighted by Gasteiger charge is -2.13. The predicted molar refractivity (Wildman–Crippen MR) is 191 cm³/mol. The fraction of sp³-hybridized carbons (Fsp3) is 0.316. The van der Waals surface area contributed by atoms with E-state index in [0.717, 1.165) is 12.0 Å². The van der Waals surface area contributed by atoms with Gasteiger partial charge in [-0.1, -0.05) is 75.9 Å². The summed E-state index contributed by atoms with van der Waals surface area (Å²) < 4.78 is 28.4. The highest BCUT2D eigenvalue weighted by atomic mass is 16.7. The molecule has 1 atom stereocenters. The van der Waals surface area contributed by atoms with Gasteiger partial charge >= 0.3 is 23.9 Å². The number of esters is 4. The average molecular weight is 685 g/mol. The molecular weight excluding hydrogens is 632 g/mol. The summed E-state index contributed by atoms with van der Waals surface area (Å²) in [5, 5.41) is 8.72. The summed E-state index contributed by atoms with van der Waals surface area (Å²) in [4.78, 5) is 43.3. The van der Waals surface area contributed by atoms with Crippen LogP contribution in [0.4, 0.5) is 0 Å². The van der Waals surface area contributed by atoms with Gasteiger partial charge in [0, 0.05) is 22.3 Å². The van der Waals surface area contributed by atoms with E-state index in [9.17, 15) is 19.2 Å². The number of benzene rings is 1. The summed E-state index contributed by atoms with van der Waals surface area (Å²) in [6, 6.07) is 7.91. The molecule has 0 fully saturated rings. The number of aliphatic hydroxyl groups excluding tert-OH is 1. The molecule has 1 aromatic rings. The monoisotopic (exact) mass is 684 g/mol. The van der Waals surface area contributed by atoms with Gasteiger partial charge in [-0.2, -0.15) is 0 Å². The van der Waals surface area contributed by atoms with Gasteiger partial charge in [0.05, 0.1) is 25.7 Å². The molecule has 1 aromatic carbocycles. The Balaban J connectivity index is -0.000000589. The number of rotatable bonds is 19. The minimum Gasteiger partial charge on any atom is -0.493 e. The summed E-state index contributed by atoms with van der Waals surface area (Å²) in [5.41, 5.74) is 3.70. The maximum Gasteiger partial charge on any atom is 0.335 e. The minimum absolute atomic E-state index is 0.00574. The van der Waals surface area contributed by atoms with Crippen LogP contribution in [0.15, 0.2) is 124 Å². The van der Waals surface area contributed by atoms with Crippen molar-refractivity contribution in [2.75, 3.05) is 26.6 Å². The van der Waals surface area contributed by atoms with Gasteiger partial charge < -0.3 is 33.5 Å². The Labute approximate surface area is 291 Å². The van der Waals surface area contributed by atoms with Crippen LogP contribution in [0.5, 0.6) is 0 Å². The number of hydrogen-bond donors (Lipinski definition) is 1. The SMILES string of the molecule is C=CCCOC(=O)C(=C)C.C=CCc1ccc(COC(=O)C(=C)C)cc1.C=COC(CO)COC(=O)C(=C)C.C=COCOC(=O)C(=C)C. The first-order valence-corrected chi connectivity index (χ1v) is 14.8. The predicted octanol–water partition coefficient (Wildman–Crippen LogP) is 6.57. The van der Waals surface area contributed by atoms with Crippen LogP contribution in [0.25, 0.3) is 0 Å². The molecule has 1 N–H and O–H groups in total. The molecule has 0 saturated carbocycles. The fourth-order valence-electron chi connectivity index (χ4n) is 2.39. The molecule has 0 amide bonds. The van der Waals surface area contributed by atoms with E-state index < -0.39 is 18.0 Å². The van der Waals surface area contributed by atoms with E-state index in [4.69, 9.17) is 24.1 Å². The van der Waals surface area contributed by atoms with Crippen LogP contribution in [-0.2, 0) is 60.6 Å². The van der Waals surface area contributed by atoms with E-state index in [0.29, 0.717) is 41.9 Å². The molecule has 11 heteroatoms. The highest BCUT2D eigenvalue weighted by Gasteiger charge is 2.10. The van der Waals surface area contributed by atoms with Crippen molar-refractivity contribution in [1.82, 2.24) is 0 Å². The molecule has 0 aromatic heterocycles. The molecule has 1 unspecified atom stereocenters. The Morgan fingerprint density at radius 2 is 1.14 bits per heavy atom. The van der Waals surface area contributed by atoms with Crippen molar-refractivity contribution in [1.29, 1.82) is 0 Å². The zero-order valence-corrected chi connectivity index (χ0v) is 29.3. The van der Waals surface area contributed by atoms with Crippen LogP contribution >= 0.6 is 0 Å². The van der Waals surface area contributed by atoms with Crippen molar-refractivity contribution < 1.29 is 52.7 Å². The molecule has 0 heterocycles. The van der Waals surface area contributed by atoms with Gasteiger partial charge in [0.25, 0.3) is 0 Å². The lowest BCUT2D eigenvalue weighted by Crippen LogP contribution is -2.24. The second-order valence-corrected chi connectivity index (χ2v) is 9.81. The van der Waals surface area contributed by atoms with Gasteiger partial charge in [-0.05, 0) is 51.7 Å². The van der Waals surface area contributed by atoms with E-state index in [1.54, 1.807) is 33.8 Å². The van der Waals surface area contributed by atoms with Gasteiger partial charge in [0.15, 0.2) is 6.10 Å². The molecular formula is C38H52O11. The number of aliphatic hydroxyl groups is 1. The summed E-state index contributed by atoms with van der Waals surface area (Å²) in [7, 11) is 0. The molecule has 0 aliphatic heterocycles. The molecule has 0 radical (unpaired) electrons. The van der Waals surface area contributed by atoms with Crippen molar-refractivity contribution in [2.45, 2.75) is 53.2 Å². The van der Waals surface area contributed by atoms with Crippen LogP contribution in [0.1, 0.15) is 45.2 Å². The first-order valence-electron chi connectivity index (χ1n) is 14.8. The third-order valence-electron chi connectivity index (χ3n) is 4.99. The number of hydrogen-bond acceptors (Lipinski definition) is 11. The summed E-state index contributed by atoms with van der Waals surface area (Å²) in [5.74, 6) is -1.63. The molecule has 0 spiro atoms. The molecule has 0 aliphatic rings. The van der Waals surface area contributed by atoms with Crippen LogP contribution < -0.4 is 0 Å². The van der Waals surface area contributed by atoms with E-state index in [-0.39, 0.29) is 31.9 Å². The molecule has 11 nitrogen and oxygen atoms in total. The first-order chi connectivity index (χ1) is 23.1. The normalized spacial score (nSPS) is 9.57. The van der Waals surface area contributed by atoms with Gasteiger partial charge in [-0.25, -0.2) is 19.2 Å². The fourth-order valence-corrected chi connectivity index (χ4v) is 2.39.